The zero-order valence-electron chi connectivity index (χ0n) is 18.2. The molecule has 32 heavy (non-hydrogen) atoms. The number of benzene rings is 2. The van der Waals surface area contributed by atoms with Crippen molar-refractivity contribution in [3.8, 4) is 0 Å². The summed E-state index contributed by atoms with van der Waals surface area (Å²) in [6.45, 7) is 6.80. The number of aliphatic hydroxyl groups is 1. The van der Waals surface area contributed by atoms with Crippen molar-refractivity contribution < 1.29 is 19.4 Å². The van der Waals surface area contributed by atoms with Crippen LogP contribution in [0.5, 0.6) is 0 Å². The zero-order valence-corrected chi connectivity index (χ0v) is 18.9. The van der Waals surface area contributed by atoms with Gasteiger partial charge in [0.25, 0.3) is 11.8 Å². The molecule has 2 aromatic carbocycles. The Balaban J connectivity index is 1.72. The zero-order chi connectivity index (χ0) is 23.6. The molecule has 0 unspecified atom stereocenters. The third kappa shape index (κ3) is 5.09. The van der Waals surface area contributed by atoms with E-state index in [-0.39, 0.29) is 28.6 Å². The first-order valence-electron chi connectivity index (χ1n) is 10.2. The highest BCUT2D eigenvalue weighted by Crippen LogP contribution is 2.27. The van der Waals surface area contributed by atoms with E-state index < -0.39 is 24.0 Å². The van der Waals surface area contributed by atoms with E-state index in [1.807, 2.05) is 24.3 Å². The number of rotatable bonds is 5. The Morgan fingerprint density at radius 2 is 1.94 bits per heavy atom. The molecule has 0 aliphatic carbocycles. The van der Waals surface area contributed by atoms with Gasteiger partial charge < -0.3 is 25.8 Å². The van der Waals surface area contributed by atoms with Crippen LogP contribution in [0.15, 0.2) is 42.5 Å². The second-order valence-electron chi connectivity index (χ2n) is 8.62. The Morgan fingerprint density at radius 3 is 2.50 bits per heavy atom. The fourth-order valence-electron chi connectivity index (χ4n) is 3.36. The minimum Gasteiger partial charge on any atom is -0.384 e. The number of morpholine rings is 1. The molecule has 170 valence electrons. The SMILES string of the molecule is CC(C)(C)c1ccc(N2CCO[C@H]([C@@H](O)C(=O)Nc3ccc(C(=N)N)cc3Cl)C2=O)cc1. The van der Waals surface area contributed by atoms with E-state index in [1.165, 1.54) is 23.1 Å². The molecule has 5 N–H and O–H groups in total. The van der Waals surface area contributed by atoms with Crippen LogP contribution in [0.1, 0.15) is 31.9 Å². The van der Waals surface area contributed by atoms with Gasteiger partial charge in [0.1, 0.15) is 5.84 Å². The molecule has 2 atom stereocenters. The summed E-state index contributed by atoms with van der Waals surface area (Å²) < 4.78 is 5.44. The predicted octanol–water partition coefficient (Wildman–Crippen LogP) is 2.65. The van der Waals surface area contributed by atoms with Crippen molar-refractivity contribution in [3.05, 3.63) is 58.6 Å². The Morgan fingerprint density at radius 1 is 1.28 bits per heavy atom. The summed E-state index contributed by atoms with van der Waals surface area (Å²) in [4.78, 5) is 27.1. The van der Waals surface area contributed by atoms with Gasteiger partial charge in [0.15, 0.2) is 12.2 Å². The average molecular weight is 459 g/mol. The number of ether oxygens (including phenoxy) is 1. The molecule has 0 radical (unpaired) electrons. The molecule has 3 rings (SSSR count). The number of nitrogens with two attached hydrogens (primary N) is 1. The van der Waals surface area contributed by atoms with Crippen LogP contribution in [0.2, 0.25) is 5.02 Å². The van der Waals surface area contributed by atoms with Gasteiger partial charge >= 0.3 is 0 Å². The monoisotopic (exact) mass is 458 g/mol. The molecule has 0 spiro atoms. The van der Waals surface area contributed by atoms with Crippen LogP contribution in [0, 0.1) is 5.41 Å². The van der Waals surface area contributed by atoms with Crippen LogP contribution >= 0.6 is 11.6 Å². The Labute approximate surface area is 191 Å². The van der Waals surface area contributed by atoms with Gasteiger partial charge in [-0.2, -0.15) is 0 Å². The molecule has 0 bridgehead atoms. The van der Waals surface area contributed by atoms with Gasteiger partial charge in [0.05, 0.1) is 17.3 Å². The number of nitrogens with zero attached hydrogens (tertiary/aromatic N) is 1. The highest BCUT2D eigenvalue weighted by Gasteiger charge is 2.39. The van der Waals surface area contributed by atoms with Gasteiger partial charge in [-0.15, -0.1) is 0 Å². The Bertz CT molecular complexity index is 1030. The number of amidine groups is 1. The van der Waals surface area contributed by atoms with Crippen LogP contribution in [0.25, 0.3) is 0 Å². The second-order valence-corrected chi connectivity index (χ2v) is 9.03. The lowest BCUT2D eigenvalue weighted by atomic mass is 9.87. The number of hydrogen-bond donors (Lipinski definition) is 4. The van der Waals surface area contributed by atoms with E-state index in [2.05, 4.69) is 26.1 Å². The summed E-state index contributed by atoms with van der Waals surface area (Å²) >= 11 is 6.13. The molecule has 1 heterocycles. The van der Waals surface area contributed by atoms with Crippen molar-refractivity contribution in [1.29, 1.82) is 5.41 Å². The lowest BCUT2D eigenvalue weighted by Crippen LogP contribution is -2.55. The maximum atomic E-state index is 13.0. The van der Waals surface area contributed by atoms with Gasteiger partial charge in [-0.1, -0.05) is 44.5 Å². The standard InChI is InChI=1S/C23H27ClN4O4/c1-23(2,3)14-5-7-15(8-6-14)28-10-11-32-19(22(28)31)18(29)21(30)27-17-9-4-13(20(25)26)12-16(17)24/h4-9,12,18-19,29H,10-11H2,1-3H3,(H3,25,26)(H,27,30)/t18-,19-/m1/s1. The molecule has 1 saturated heterocycles. The molecular formula is C23H27ClN4O4. The second kappa shape index (κ2) is 9.28. The smallest absolute Gasteiger partial charge is 0.259 e. The molecule has 0 saturated carbocycles. The van der Waals surface area contributed by atoms with E-state index in [0.29, 0.717) is 17.8 Å². The summed E-state index contributed by atoms with van der Waals surface area (Å²) in [5.41, 5.74) is 7.82. The number of anilines is 2. The van der Waals surface area contributed by atoms with Gasteiger partial charge in [-0.3, -0.25) is 15.0 Å². The Hall–Kier alpha value is -2.94. The molecule has 1 aliphatic rings. The first-order chi connectivity index (χ1) is 15.0. The predicted molar refractivity (Wildman–Crippen MR) is 124 cm³/mol. The molecule has 1 fully saturated rings. The van der Waals surface area contributed by atoms with Crippen molar-refractivity contribution in [2.45, 2.75) is 38.4 Å². The number of carbonyl (C=O) groups excluding carboxylic acids is 2. The third-order valence-corrected chi connectivity index (χ3v) is 5.57. The average Bonchev–Trinajstić information content (AvgIpc) is 2.74. The van der Waals surface area contributed by atoms with E-state index in [4.69, 9.17) is 27.5 Å². The normalized spacial score (nSPS) is 17.7. The van der Waals surface area contributed by atoms with Crippen molar-refractivity contribution >= 4 is 40.6 Å². The number of amides is 2. The highest BCUT2D eigenvalue weighted by molar-refractivity contribution is 6.34. The van der Waals surface area contributed by atoms with Crippen LogP contribution < -0.4 is 16.0 Å². The number of nitrogen functional groups attached to an aromatic ring is 1. The molecule has 1 aliphatic heterocycles. The lowest BCUT2D eigenvalue weighted by Gasteiger charge is -2.34. The topological polar surface area (TPSA) is 129 Å². The number of halogens is 1. The minimum absolute atomic E-state index is 0.0196. The summed E-state index contributed by atoms with van der Waals surface area (Å²) in [5, 5.41) is 20.6. The maximum absolute atomic E-state index is 13.0. The van der Waals surface area contributed by atoms with Crippen LogP contribution in [-0.2, 0) is 19.7 Å². The molecule has 9 heteroatoms. The van der Waals surface area contributed by atoms with Crippen molar-refractivity contribution in [2.24, 2.45) is 5.73 Å². The lowest BCUT2D eigenvalue weighted by molar-refractivity contribution is -0.150. The number of carbonyl (C=O) groups is 2. The minimum atomic E-state index is -1.73. The molecule has 0 aromatic heterocycles. The van der Waals surface area contributed by atoms with E-state index in [0.717, 1.165) is 5.56 Å². The summed E-state index contributed by atoms with van der Waals surface area (Å²) in [6.07, 6.45) is -3.08. The maximum Gasteiger partial charge on any atom is 0.259 e. The molecule has 2 aromatic rings. The van der Waals surface area contributed by atoms with Gasteiger partial charge in [-0.05, 0) is 41.3 Å². The number of aliphatic hydroxyl groups excluding tert-OH is 1. The highest BCUT2D eigenvalue weighted by atomic mass is 35.5. The fraction of sp³-hybridized carbons (Fsp3) is 0.348. The Kier molecular flexibility index (Phi) is 6.88. The summed E-state index contributed by atoms with van der Waals surface area (Å²) in [5.74, 6) is -1.49. The van der Waals surface area contributed by atoms with Gasteiger partial charge in [-0.25, -0.2) is 0 Å². The van der Waals surface area contributed by atoms with Gasteiger partial charge in [0, 0.05) is 17.8 Å². The number of nitrogens with one attached hydrogen (secondary N) is 2. The van der Waals surface area contributed by atoms with Crippen molar-refractivity contribution in [2.75, 3.05) is 23.4 Å². The third-order valence-electron chi connectivity index (χ3n) is 5.26. The summed E-state index contributed by atoms with van der Waals surface area (Å²) in [7, 11) is 0. The quantitative estimate of drug-likeness (QED) is 0.404. The first-order valence-corrected chi connectivity index (χ1v) is 10.5. The fourth-order valence-corrected chi connectivity index (χ4v) is 3.59. The first kappa shape index (κ1) is 23.7. The van der Waals surface area contributed by atoms with E-state index in [1.54, 1.807) is 0 Å². The van der Waals surface area contributed by atoms with Crippen LogP contribution in [-0.4, -0.2) is 48.1 Å². The molecular weight excluding hydrogens is 432 g/mol. The van der Waals surface area contributed by atoms with Gasteiger partial charge in [0.2, 0.25) is 0 Å². The number of hydrogen-bond acceptors (Lipinski definition) is 5. The molecule has 8 nitrogen and oxygen atoms in total. The summed E-state index contributed by atoms with van der Waals surface area (Å²) in [6, 6.07) is 12.0. The van der Waals surface area contributed by atoms with Crippen molar-refractivity contribution in [1.82, 2.24) is 0 Å². The van der Waals surface area contributed by atoms with Crippen molar-refractivity contribution in [3.63, 3.8) is 0 Å². The largest absolute Gasteiger partial charge is 0.384 e. The van der Waals surface area contributed by atoms with E-state index in [9.17, 15) is 14.7 Å². The van der Waals surface area contributed by atoms with E-state index >= 15 is 0 Å². The molecule has 2 amide bonds. The van der Waals surface area contributed by atoms with Crippen LogP contribution in [0.4, 0.5) is 11.4 Å². The van der Waals surface area contributed by atoms with Crippen LogP contribution in [0.3, 0.4) is 0 Å².